The van der Waals surface area contributed by atoms with Gasteiger partial charge in [-0.15, -0.1) is 5.10 Å². The Bertz CT molecular complexity index is 1680. The third kappa shape index (κ3) is 5.27. The average Bonchev–Trinajstić information content (AvgIpc) is 3.54. The lowest BCUT2D eigenvalue weighted by Crippen LogP contribution is -2.65. The molecule has 4 fully saturated rings. The number of allylic oxidation sites excluding steroid dienone is 2. The maximum atomic E-state index is 13.3. The van der Waals surface area contributed by atoms with Gasteiger partial charge < -0.3 is 14.6 Å². The number of aliphatic carboxylic acids is 1. The monoisotopic (exact) mass is 685 g/mol. The number of hydrogen-bond donors (Lipinski definition) is 1. The summed E-state index contributed by atoms with van der Waals surface area (Å²) in [6.07, 6.45) is 14.8. The molecule has 1 N–H and O–H groups in total. The number of ether oxygens (including phenoxy) is 2. The topological polar surface area (TPSA) is 104 Å². The summed E-state index contributed by atoms with van der Waals surface area (Å²) in [6.45, 7) is 17.0. The summed E-state index contributed by atoms with van der Waals surface area (Å²) < 4.78 is 13.3. The summed E-state index contributed by atoms with van der Waals surface area (Å²) in [6, 6.07) is 7.63. The van der Waals surface area contributed by atoms with Crippen molar-refractivity contribution in [1.82, 2.24) is 15.0 Å². The van der Waals surface area contributed by atoms with E-state index in [1.807, 2.05) is 30.5 Å². The Hall–Kier alpha value is -3.16. The van der Waals surface area contributed by atoms with Crippen LogP contribution in [0, 0.1) is 50.2 Å². The van der Waals surface area contributed by atoms with Crippen LogP contribution < -0.4 is 4.74 Å². The average molecular weight is 686 g/mol. The number of nitrogens with zero attached hydrogens (tertiary/aromatic N) is 3. The number of fused-ring (bicyclic) bond motifs is 7. The van der Waals surface area contributed by atoms with E-state index in [0.29, 0.717) is 18.3 Å². The minimum atomic E-state index is -0.609. The molecule has 1 aromatic heterocycles. The fourth-order valence-electron chi connectivity index (χ4n) is 12.5. The van der Waals surface area contributed by atoms with E-state index in [0.717, 1.165) is 81.3 Å². The smallest absolute Gasteiger partial charge is 0.310 e. The Labute approximate surface area is 298 Å². The Kier molecular flexibility index (Phi) is 8.42. The summed E-state index contributed by atoms with van der Waals surface area (Å²) in [5, 5.41) is 19.3. The highest BCUT2D eigenvalue weighted by Gasteiger charge is 2.69. The first-order valence-corrected chi connectivity index (χ1v) is 19.2. The van der Waals surface area contributed by atoms with E-state index in [4.69, 9.17) is 9.47 Å². The van der Waals surface area contributed by atoms with Crippen molar-refractivity contribution >= 4 is 11.9 Å². The van der Waals surface area contributed by atoms with Gasteiger partial charge in [0.2, 0.25) is 0 Å². The van der Waals surface area contributed by atoms with Crippen molar-refractivity contribution in [2.75, 3.05) is 7.11 Å². The van der Waals surface area contributed by atoms with E-state index in [9.17, 15) is 14.7 Å². The lowest BCUT2D eigenvalue weighted by atomic mass is 9.33. The van der Waals surface area contributed by atoms with E-state index >= 15 is 0 Å². The molecule has 8 heteroatoms. The van der Waals surface area contributed by atoms with Crippen molar-refractivity contribution in [2.45, 2.75) is 132 Å². The van der Waals surface area contributed by atoms with Crippen LogP contribution in [0.2, 0.25) is 0 Å². The molecule has 0 spiro atoms. The highest BCUT2D eigenvalue weighted by Crippen LogP contribution is 2.75. The third-order valence-corrected chi connectivity index (χ3v) is 15.7. The van der Waals surface area contributed by atoms with Crippen LogP contribution in [-0.2, 0) is 20.7 Å². The maximum absolute atomic E-state index is 13.3. The van der Waals surface area contributed by atoms with Gasteiger partial charge in [0.25, 0.3) is 0 Å². The first-order valence-electron chi connectivity index (χ1n) is 19.2. The van der Waals surface area contributed by atoms with Crippen molar-refractivity contribution in [3.63, 3.8) is 0 Å². The lowest BCUT2D eigenvalue weighted by molar-refractivity contribution is -0.213. The minimum absolute atomic E-state index is 0.00358. The second-order valence-corrected chi connectivity index (χ2v) is 18.9. The van der Waals surface area contributed by atoms with Gasteiger partial charge in [0.1, 0.15) is 11.9 Å². The van der Waals surface area contributed by atoms with Gasteiger partial charge >= 0.3 is 11.9 Å². The first-order chi connectivity index (χ1) is 23.5. The zero-order valence-corrected chi connectivity index (χ0v) is 31.7. The molecule has 1 aromatic carbocycles. The van der Waals surface area contributed by atoms with Crippen LogP contribution in [0.5, 0.6) is 5.75 Å². The predicted molar refractivity (Wildman–Crippen MR) is 193 cm³/mol. The van der Waals surface area contributed by atoms with Gasteiger partial charge in [0, 0.05) is 11.8 Å². The zero-order chi connectivity index (χ0) is 35.9. The second kappa shape index (κ2) is 11.9. The van der Waals surface area contributed by atoms with Gasteiger partial charge in [-0.25, -0.2) is 4.68 Å². The van der Waals surface area contributed by atoms with E-state index in [1.165, 1.54) is 5.57 Å². The predicted octanol–water partition coefficient (Wildman–Crippen LogP) is 9.01. The van der Waals surface area contributed by atoms with Crippen LogP contribution in [0.3, 0.4) is 0 Å². The quantitative estimate of drug-likeness (QED) is 0.229. The molecule has 7 rings (SSSR count). The van der Waals surface area contributed by atoms with E-state index < -0.39 is 11.4 Å². The summed E-state index contributed by atoms with van der Waals surface area (Å²) in [7, 11) is 1.64. The van der Waals surface area contributed by atoms with Crippen molar-refractivity contribution in [3.8, 4) is 11.4 Å². The van der Waals surface area contributed by atoms with E-state index in [-0.39, 0.29) is 51.5 Å². The molecule has 4 saturated carbocycles. The standard InChI is InChI=1S/C42H59N3O5/c1-37(2)21-23-42(36(47)48)24-22-40(6)30(31(42)25-37)14-15-33-39(5)19-18-34(38(3,4)32(39)17-20-41(33,40)7)50-35(46)16-9-27-26-45(44-43-27)28-10-12-29(49-8)13-11-28/h10-14,26,31-34H,9,15-25H2,1-8H3,(H,47,48)/t31-,32-,33+,34-,39-,40+,41+,42-/m0/s1. The fourth-order valence-corrected chi connectivity index (χ4v) is 12.5. The molecule has 0 bridgehead atoms. The van der Waals surface area contributed by atoms with E-state index in [1.54, 1.807) is 11.8 Å². The van der Waals surface area contributed by atoms with Crippen LogP contribution in [-0.4, -0.2) is 45.3 Å². The number of aromatic nitrogens is 3. The SMILES string of the molecule is COc1ccc(-n2cc(CCC(=O)O[C@H]3CC[C@]4(C)[C@H]5CC=C6[C@@H]7CC(C)(C)CC[C@]7(C(=O)O)CC[C@@]6(C)[C@]5(C)CC[C@H]4C3(C)C)nn2)cc1. The number of rotatable bonds is 7. The molecule has 0 aliphatic heterocycles. The highest BCUT2D eigenvalue weighted by atomic mass is 16.5. The molecule has 2 aromatic rings. The third-order valence-electron chi connectivity index (χ3n) is 15.7. The van der Waals surface area contributed by atoms with Crippen LogP contribution >= 0.6 is 0 Å². The molecule has 50 heavy (non-hydrogen) atoms. The zero-order valence-electron chi connectivity index (χ0n) is 31.7. The fraction of sp³-hybridized carbons (Fsp3) is 0.714. The molecule has 272 valence electrons. The molecular weight excluding hydrogens is 626 g/mol. The van der Waals surface area contributed by atoms with Gasteiger partial charge in [0.05, 0.1) is 36.5 Å². The number of benzene rings is 1. The molecule has 5 aliphatic rings. The summed E-state index contributed by atoms with van der Waals surface area (Å²) >= 11 is 0. The number of methoxy groups -OCH3 is 1. The van der Waals surface area contributed by atoms with Crippen LogP contribution in [0.15, 0.2) is 42.1 Å². The lowest BCUT2D eigenvalue weighted by Gasteiger charge is -2.71. The summed E-state index contributed by atoms with van der Waals surface area (Å²) in [5.41, 5.74) is 2.77. The largest absolute Gasteiger partial charge is 0.497 e. The maximum Gasteiger partial charge on any atom is 0.310 e. The van der Waals surface area contributed by atoms with E-state index in [2.05, 4.69) is 64.9 Å². The Balaban J connectivity index is 1.05. The minimum Gasteiger partial charge on any atom is -0.497 e. The second-order valence-electron chi connectivity index (χ2n) is 18.9. The number of carbonyl (C=O) groups is 2. The first kappa shape index (κ1) is 35.3. The molecule has 8 atom stereocenters. The van der Waals surface area contributed by atoms with Crippen molar-refractivity contribution in [3.05, 3.63) is 47.8 Å². The molecule has 0 amide bonds. The number of hydrogen-bond acceptors (Lipinski definition) is 6. The highest BCUT2D eigenvalue weighted by molar-refractivity contribution is 5.76. The Morgan fingerprint density at radius 2 is 1.64 bits per heavy atom. The van der Waals surface area contributed by atoms with Gasteiger partial charge in [-0.3, -0.25) is 9.59 Å². The number of carboxylic acid groups (broad SMARTS) is 1. The molecule has 8 nitrogen and oxygen atoms in total. The van der Waals surface area contributed by atoms with Gasteiger partial charge in [-0.2, -0.15) is 0 Å². The Morgan fingerprint density at radius 1 is 0.920 bits per heavy atom. The number of aryl methyl sites for hydroxylation is 1. The van der Waals surface area contributed by atoms with Crippen LogP contribution in [0.4, 0.5) is 0 Å². The summed E-state index contributed by atoms with van der Waals surface area (Å²) in [4.78, 5) is 26.3. The number of carbonyl (C=O) groups excluding carboxylic acids is 1. The molecule has 1 heterocycles. The van der Waals surface area contributed by atoms with Gasteiger partial charge in [0.15, 0.2) is 0 Å². The normalized spacial score (nSPS) is 38.4. The molecule has 5 aliphatic carbocycles. The molecule has 0 radical (unpaired) electrons. The molecule has 0 unspecified atom stereocenters. The number of esters is 1. The van der Waals surface area contributed by atoms with Crippen molar-refractivity contribution < 1.29 is 24.2 Å². The van der Waals surface area contributed by atoms with Crippen LogP contribution in [0.1, 0.15) is 125 Å². The molecule has 0 saturated heterocycles. The van der Waals surface area contributed by atoms with Crippen molar-refractivity contribution in [2.24, 2.45) is 50.2 Å². The number of carboxylic acids is 1. The van der Waals surface area contributed by atoms with Gasteiger partial charge in [-0.05, 0) is 128 Å². The Morgan fingerprint density at radius 3 is 2.34 bits per heavy atom. The van der Waals surface area contributed by atoms with Crippen molar-refractivity contribution in [1.29, 1.82) is 0 Å². The van der Waals surface area contributed by atoms with Crippen LogP contribution in [0.25, 0.3) is 5.69 Å². The summed E-state index contributed by atoms with van der Waals surface area (Å²) in [5.74, 6) is 1.13. The molecular formula is C42H59N3O5. The van der Waals surface area contributed by atoms with Gasteiger partial charge in [-0.1, -0.05) is 65.3 Å².